The molecular formula is C17H25N3O. The minimum atomic E-state index is 0.300. The molecule has 1 aliphatic heterocycles. The van der Waals surface area contributed by atoms with Gasteiger partial charge in [0.15, 0.2) is 0 Å². The van der Waals surface area contributed by atoms with Crippen LogP contribution in [0.4, 0.5) is 0 Å². The molecule has 1 saturated heterocycles. The van der Waals surface area contributed by atoms with Gasteiger partial charge in [-0.05, 0) is 30.5 Å². The van der Waals surface area contributed by atoms with E-state index in [1.807, 2.05) is 24.5 Å². The number of pyridine rings is 1. The summed E-state index contributed by atoms with van der Waals surface area (Å²) in [6.45, 7) is 1.70. The van der Waals surface area contributed by atoms with Crippen LogP contribution < -0.4 is 5.32 Å². The van der Waals surface area contributed by atoms with Crippen molar-refractivity contribution in [2.75, 3.05) is 6.54 Å². The van der Waals surface area contributed by atoms with Gasteiger partial charge in [-0.25, -0.2) is 0 Å². The molecule has 0 aromatic carbocycles. The fraction of sp³-hybridized carbons (Fsp3) is 0.647. The Morgan fingerprint density at radius 3 is 2.57 bits per heavy atom. The normalized spacial score (nSPS) is 24.3. The second-order valence-electron chi connectivity index (χ2n) is 6.33. The topological polar surface area (TPSA) is 45.2 Å². The zero-order chi connectivity index (χ0) is 14.5. The average molecular weight is 287 g/mol. The minimum Gasteiger partial charge on any atom is -0.338 e. The molecule has 1 aromatic rings. The van der Waals surface area contributed by atoms with Gasteiger partial charge in [0.1, 0.15) is 0 Å². The third-order valence-corrected chi connectivity index (χ3v) is 4.77. The molecule has 4 nitrogen and oxygen atoms in total. The van der Waals surface area contributed by atoms with E-state index >= 15 is 0 Å². The first-order valence-electron chi connectivity index (χ1n) is 8.24. The average Bonchev–Trinajstić information content (AvgIpc) is 2.73. The van der Waals surface area contributed by atoms with E-state index in [4.69, 9.17) is 0 Å². The second kappa shape index (κ2) is 7.03. The van der Waals surface area contributed by atoms with Gasteiger partial charge in [0.05, 0.1) is 0 Å². The lowest BCUT2D eigenvalue weighted by molar-refractivity contribution is -0.129. The van der Waals surface area contributed by atoms with Crippen molar-refractivity contribution in [1.82, 2.24) is 15.2 Å². The van der Waals surface area contributed by atoms with Gasteiger partial charge in [-0.1, -0.05) is 25.7 Å². The van der Waals surface area contributed by atoms with E-state index in [9.17, 15) is 4.79 Å². The molecule has 4 heteroatoms. The highest BCUT2D eigenvalue weighted by molar-refractivity contribution is 5.79. The van der Waals surface area contributed by atoms with Crippen molar-refractivity contribution in [2.45, 2.75) is 63.6 Å². The maximum atomic E-state index is 12.3. The third kappa shape index (κ3) is 3.82. The molecule has 0 bridgehead atoms. The number of hydrogen-bond donors (Lipinski definition) is 1. The molecule has 2 aliphatic rings. The molecule has 1 saturated carbocycles. The second-order valence-corrected chi connectivity index (χ2v) is 6.33. The van der Waals surface area contributed by atoms with Crippen molar-refractivity contribution in [1.29, 1.82) is 0 Å². The number of carbonyl (C=O) groups is 1. The van der Waals surface area contributed by atoms with Crippen LogP contribution in [0.5, 0.6) is 0 Å². The number of carbonyl (C=O) groups excluding carboxylic acids is 1. The van der Waals surface area contributed by atoms with Crippen LogP contribution >= 0.6 is 0 Å². The lowest BCUT2D eigenvalue weighted by Gasteiger charge is -2.27. The Kier molecular flexibility index (Phi) is 4.86. The van der Waals surface area contributed by atoms with Crippen LogP contribution in [-0.4, -0.2) is 34.4 Å². The van der Waals surface area contributed by atoms with Gasteiger partial charge in [0.25, 0.3) is 0 Å². The molecule has 114 valence electrons. The van der Waals surface area contributed by atoms with Gasteiger partial charge in [-0.15, -0.1) is 0 Å². The van der Waals surface area contributed by atoms with E-state index in [0.717, 1.165) is 13.1 Å². The Morgan fingerprint density at radius 1 is 1.14 bits per heavy atom. The molecule has 1 aromatic heterocycles. The maximum absolute atomic E-state index is 12.3. The summed E-state index contributed by atoms with van der Waals surface area (Å²) in [6, 6.07) is 4.83. The first-order valence-corrected chi connectivity index (χ1v) is 8.24. The zero-order valence-corrected chi connectivity index (χ0v) is 12.6. The van der Waals surface area contributed by atoms with E-state index in [2.05, 4.69) is 15.2 Å². The molecule has 0 radical (unpaired) electrons. The number of aromatic nitrogens is 1. The summed E-state index contributed by atoms with van der Waals surface area (Å²) in [6.07, 6.45) is 11.9. The number of hydrogen-bond acceptors (Lipinski definition) is 3. The molecule has 3 rings (SSSR count). The largest absolute Gasteiger partial charge is 0.338 e. The molecule has 2 heterocycles. The highest BCUT2D eigenvalue weighted by Gasteiger charge is 2.33. The van der Waals surface area contributed by atoms with Crippen molar-refractivity contribution in [2.24, 2.45) is 0 Å². The molecule has 1 unspecified atom stereocenters. The van der Waals surface area contributed by atoms with Gasteiger partial charge in [0.2, 0.25) is 5.91 Å². The summed E-state index contributed by atoms with van der Waals surface area (Å²) < 4.78 is 0. The summed E-state index contributed by atoms with van der Waals surface area (Å²) in [5.41, 5.74) is 1.23. The lowest BCUT2D eigenvalue weighted by Crippen LogP contribution is -2.38. The Hall–Kier alpha value is -1.42. The summed E-state index contributed by atoms with van der Waals surface area (Å²) in [5, 5.41) is 3.52. The van der Waals surface area contributed by atoms with Gasteiger partial charge < -0.3 is 10.2 Å². The van der Waals surface area contributed by atoms with Crippen LogP contribution in [0.3, 0.4) is 0 Å². The van der Waals surface area contributed by atoms with Gasteiger partial charge in [-0.3, -0.25) is 9.78 Å². The van der Waals surface area contributed by atoms with Crippen molar-refractivity contribution in [3.63, 3.8) is 0 Å². The summed E-state index contributed by atoms with van der Waals surface area (Å²) >= 11 is 0. The van der Waals surface area contributed by atoms with Crippen LogP contribution in [0.15, 0.2) is 24.5 Å². The number of nitrogens with one attached hydrogen (secondary N) is 1. The maximum Gasteiger partial charge on any atom is 0.224 e. The van der Waals surface area contributed by atoms with Crippen LogP contribution in [0.25, 0.3) is 0 Å². The van der Waals surface area contributed by atoms with Crippen molar-refractivity contribution in [3.05, 3.63) is 30.1 Å². The Labute approximate surface area is 126 Å². The van der Waals surface area contributed by atoms with E-state index < -0.39 is 0 Å². The smallest absolute Gasteiger partial charge is 0.224 e. The summed E-state index contributed by atoms with van der Waals surface area (Å²) in [4.78, 5) is 18.5. The first kappa shape index (κ1) is 14.5. The van der Waals surface area contributed by atoms with Crippen LogP contribution in [0.1, 0.15) is 50.5 Å². The molecule has 1 N–H and O–H groups in total. The standard InChI is InChI=1S/C17H25N3O/c21-17-11-15(19-12-14-7-9-18-10-8-14)13-20(17)16-5-3-1-2-4-6-16/h7-10,15-16,19H,1-6,11-13H2. The molecule has 1 atom stereocenters. The predicted octanol–water partition coefficient (Wildman–Crippen LogP) is 2.49. The number of nitrogens with zero attached hydrogens (tertiary/aromatic N) is 2. The minimum absolute atomic E-state index is 0.300. The molecule has 2 fully saturated rings. The molecule has 0 spiro atoms. The van der Waals surface area contributed by atoms with Crippen molar-refractivity contribution in [3.8, 4) is 0 Å². The Morgan fingerprint density at radius 2 is 1.86 bits per heavy atom. The van der Waals surface area contributed by atoms with Crippen LogP contribution in [0, 0.1) is 0 Å². The molecule has 21 heavy (non-hydrogen) atoms. The van der Waals surface area contributed by atoms with E-state index in [0.29, 0.717) is 24.4 Å². The van der Waals surface area contributed by atoms with Crippen molar-refractivity contribution >= 4 is 5.91 Å². The monoisotopic (exact) mass is 287 g/mol. The quantitative estimate of drug-likeness (QED) is 0.865. The summed E-state index contributed by atoms with van der Waals surface area (Å²) in [5.74, 6) is 0.342. The van der Waals surface area contributed by atoms with Crippen LogP contribution in [0.2, 0.25) is 0 Å². The van der Waals surface area contributed by atoms with Crippen LogP contribution in [-0.2, 0) is 11.3 Å². The van der Waals surface area contributed by atoms with E-state index in [1.54, 1.807) is 0 Å². The highest BCUT2D eigenvalue weighted by atomic mass is 16.2. The molecule has 1 aliphatic carbocycles. The number of rotatable bonds is 4. The fourth-order valence-corrected chi connectivity index (χ4v) is 3.55. The van der Waals surface area contributed by atoms with Gasteiger partial charge in [0, 0.05) is 44.0 Å². The van der Waals surface area contributed by atoms with Gasteiger partial charge in [-0.2, -0.15) is 0 Å². The van der Waals surface area contributed by atoms with Gasteiger partial charge >= 0.3 is 0 Å². The first-order chi connectivity index (χ1) is 10.3. The van der Waals surface area contributed by atoms with E-state index in [-0.39, 0.29) is 0 Å². The number of likely N-dealkylation sites (tertiary alicyclic amines) is 1. The SMILES string of the molecule is O=C1CC(NCc2ccncc2)CN1C1CCCCCC1. The van der Waals surface area contributed by atoms with Crippen molar-refractivity contribution < 1.29 is 4.79 Å². The summed E-state index contributed by atoms with van der Waals surface area (Å²) in [7, 11) is 0. The predicted molar refractivity (Wildman–Crippen MR) is 82.7 cm³/mol. The Bertz CT molecular complexity index is 454. The third-order valence-electron chi connectivity index (χ3n) is 4.77. The van der Waals surface area contributed by atoms with E-state index in [1.165, 1.54) is 44.1 Å². The molecule has 1 amide bonds. The number of amides is 1. The lowest BCUT2D eigenvalue weighted by atomic mass is 10.1. The molecular weight excluding hydrogens is 262 g/mol. The fourth-order valence-electron chi connectivity index (χ4n) is 3.55. The Balaban J connectivity index is 1.52. The zero-order valence-electron chi connectivity index (χ0n) is 12.6. The highest BCUT2D eigenvalue weighted by Crippen LogP contribution is 2.25.